The number of aromatic nitrogens is 2. The monoisotopic (exact) mass is 435 g/mol. The Hall–Kier alpha value is -3.19. The summed E-state index contributed by atoms with van der Waals surface area (Å²) < 4.78 is 15.0. The second kappa shape index (κ2) is 9.96. The highest BCUT2D eigenvalue weighted by molar-refractivity contribution is 5.95. The minimum atomic E-state index is -0.297. The number of amides is 1. The van der Waals surface area contributed by atoms with Gasteiger partial charge in [-0.1, -0.05) is 32.0 Å². The van der Waals surface area contributed by atoms with Crippen LogP contribution in [0.3, 0.4) is 0 Å². The van der Waals surface area contributed by atoms with Gasteiger partial charge in [-0.25, -0.2) is 9.07 Å². The highest BCUT2D eigenvalue weighted by atomic mass is 19.1. The second-order valence-corrected chi connectivity index (χ2v) is 8.41. The highest BCUT2D eigenvalue weighted by Crippen LogP contribution is 2.23. The van der Waals surface area contributed by atoms with Gasteiger partial charge in [-0.05, 0) is 42.3 Å². The molecule has 7 heteroatoms. The first kappa shape index (κ1) is 22.0. The SMILES string of the molecule is CC(C)c1c(C(=O)NCCN2CCN(c3ccccc3)CC2)cnn1-c1ccc(F)cc1. The van der Waals surface area contributed by atoms with Crippen LogP contribution in [0.15, 0.2) is 60.8 Å². The smallest absolute Gasteiger partial charge is 0.254 e. The normalized spacial score (nSPS) is 14.7. The lowest BCUT2D eigenvalue weighted by molar-refractivity contribution is 0.0946. The van der Waals surface area contributed by atoms with Crippen LogP contribution >= 0.6 is 0 Å². The molecule has 0 bridgehead atoms. The van der Waals surface area contributed by atoms with Crippen molar-refractivity contribution in [2.75, 3.05) is 44.2 Å². The number of piperazine rings is 1. The number of rotatable bonds is 7. The molecule has 1 saturated heterocycles. The molecular formula is C25H30FN5O. The number of benzene rings is 2. The molecule has 168 valence electrons. The fraction of sp³-hybridized carbons (Fsp3) is 0.360. The van der Waals surface area contributed by atoms with Crippen LogP contribution in [-0.4, -0.2) is 59.9 Å². The summed E-state index contributed by atoms with van der Waals surface area (Å²) in [6, 6.07) is 16.6. The number of carbonyl (C=O) groups is 1. The lowest BCUT2D eigenvalue weighted by Crippen LogP contribution is -2.48. The van der Waals surface area contributed by atoms with E-state index in [4.69, 9.17) is 0 Å². The number of hydrogen-bond acceptors (Lipinski definition) is 4. The Kier molecular flexibility index (Phi) is 6.85. The van der Waals surface area contributed by atoms with Crippen molar-refractivity contribution in [1.29, 1.82) is 0 Å². The molecule has 2 heterocycles. The number of hydrogen-bond donors (Lipinski definition) is 1. The summed E-state index contributed by atoms with van der Waals surface area (Å²) >= 11 is 0. The number of carbonyl (C=O) groups excluding carboxylic acids is 1. The van der Waals surface area contributed by atoms with Crippen molar-refractivity contribution < 1.29 is 9.18 Å². The predicted octanol–water partition coefficient (Wildman–Crippen LogP) is 3.69. The molecule has 0 radical (unpaired) electrons. The molecule has 6 nitrogen and oxygen atoms in total. The van der Waals surface area contributed by atoms with E-state index >= 15 is 0 Å². The van der Waals surface area contributed by atoms with Gasteiger partial charge in [0.15, 0.2) is 0 Å². The molecule has 4 rings (SSSR count). The van der Waals surface area contributed by atoms with E-state index in [1.807, 2.05) is 19.9 Å². The molecule has 0 aliphatic carbocycles. The third kappa shape index (κ3) is 4.99. The lowest BCUT2D eigenvalue weighted by atomic mass is 10.0. The number of halogens is 1. The van der Waals surface area contributed by atoms with E-state index in [2.05, 4.69) is 44.5 Å². The minimum Gasteiger partial charge on any atom is -0.369 e. The molecule has 1 amide bonds. The van der Waals surface area contributed by atoms with Crippen molar-refractivity contribution in [2.45, 2.75) is 19.8 Å². The van der Waals surface area contributed by atoms with Crippen LogP contribution < -0.4 is 10.2 Å². The summed E-state index contributed by atoms with van der Waals surface area (Å²) in [6.45, 7) is 9.38. The maximum atomic E-state index is 13.3. The fourth-order valence-electron chi connectivity index (χ4n) is 4.17. The molecule has 0 saturated carbocycles. The zero-order chi connectivity index (χ0) is 22.5. The van der Waals surface area contributed by atoms with Crippen LogP contribution in [0.2, 0.25) is 0 Å². The first-order valence-electron chi connectivity index (χ1n) is 11.2. The van der Waals surface area contributed by atoms with E-state index < -0.39 is 0 Å². The van der Waals surface area contributed by atoms with Crippen molar-refractivity contribution in [3.8, 4) is 5.69 Å². The quantitative estimate of drug-likeness (QED) is 0.615. The van der Waals surface area contributed by atoms with Crippen molar-refractivity contribution in [3.05, 3.63) is 77.9 Å². The molecule has 1 N–H and O–H groups in total. The molecular weight excluding hydrogens is 405 g/mol. The molecule has 1 aliphatic rings. The van der Waals surface area contributed by atoms with Gasteiger partial charge in [-0.2, -0.15) is 5.10 Å². The van der Waals surface area contributed by atoms with Gasteiger partial charge in [-0.15, -0.1) is 0 Å². The Morgan fingerprint density at radius 2 is 1.69 bits per heavy atom. The van der Waals surface area contributed by atoms with Gasteiger partial charge in [0, 0.05) is 45.0 Å². The van der Waals surface area contributed by atoms with Gasteiger partial charge in [-0.3, -0.25) is 9.69 Å². The fourth-order valence-corrected chi connectivity index (χ4v) is 4.17. The summed E-state index contributed by atoms with van der Waals surface area (Å²) in [6.07, 6.45) is 1.60. The summed E-state index contributed by atoms with van der Waals surface area (Å²) in [7, 11) is 0. The number of nitrogens with one attached hydrogen (secondary N) is 1. The van der Waals surface area contributed by atoms with Crippen LogP contribution in [0.5, 0.6) is 0 Å². The lowest BCUT2D eigenvalue weighted by Gasteiger charge is -2.36. The van der Waals surface area contributed by atoms with Gasteiger partial charge in [0.25, 0.3) is 5.91 Å². The van der Waals surface area contributed by atoms with E-state index in [1.54, 1.807) is 23.0 Å². The van der Waals surface area contributed by atoms with Crippen molar-refractivity contribution in [1.82, 2.24) is 20.0 Å². The average Bonchev–Trinajstić information content (AvgIpc) is 3.26. The van der Waals surface area contributed by atoms with E-state index in [-0.39, 0.29) is 17.6 Å². The summed E-state index contributed by atoms with van der Waals surface area (Å²) in [4.78, 5) is 17.7. The molecule has 0 unspecified atom stereocenters. The van der Waals surface area contributed by atoms with E-state index in [0.717, 1.165) is 44.1 Å². The molecule has 0 spiro atoms. The first-order valence-corrected chi connectivity index (χ1v) is 11.2. The Labute approximate surface area is 188 Å². The zero-order valence-electron chi connectivity index (χ0n) is 18.7. The van der Waals surface area contributed by atoms with E-state index in [9.17, 15) is 9.18 Å². The van der Waals surface area contributed by atoms with Crippen molar-refractivity contribution in [3.63, 3.8) is 0 Å². The molecule has 3 aromatic rings. The van der Waals surface area contributed by atoms with Crippen LogP contribution in [0.1, 0.15) is 35.8 Å². The number of para-hydroxylation sites is 1. The Bertz CT molecular complexity index is 1020. The summed E-state index contributed by atoms with van der Waals surface area (Å²) in [5.74, 6) is -0.325. The predicted molar refractivity (Wildman–Crippen MR) is 125 cm³/mol. The number of nitrogens with zero attached hydrogens (tertiary/aromatic N) is 4. The van der Waals surface area contributed by atoms with Crippen LogP contribution in [-0.2, 0) is 0 Å². The summed E-state index contributed by atoms with van der Waals surface area (Å²) in [5.41, 5.74) is 3.40. The Morgan fingerprint density at radius 1 is 1.00 bits per heavy atom. The van der Waals surface area contributed by atoms with Crippen LogP contribution in [0.25, 0.3) is 5.69 Å². The highest BCUT2D eigenvalue weighted by Gasteiger charge is 2.21. The molecule has 32 heavy (non-hydrogen) atoms. The van der Waals surface area contributed by atoms with Crippen molar-refractivity contribution >= 4 is 11.6 Å². The molecule has 1 aliphatic heterocycles. The maximum Gasteiger partial charge on any atom is 0.254 e. The largest absolute Gasteiger partial charge is 0.369 e. The van der Waals surface area contributed by atoms with Crippen molar-refractivity contribution in [2.24, 2.45) is 0 Å². The minimum absolute atomic E-state index is 0.0920. The summed E-state index contributed by atoms with van der Waals surface area (Å²) in [5, 5.41) is 7.46. The second-order valence-electron chi connectivity index (χ2n) is 8.41. The molecule has 1 aromatic heterocycles. The van der Waals surface area contributed by atoms with E-state index in [0.29, 0.717) is 12.1 Å². The standard InChI is InChI=1S/C25H30FN5O/c1-19(2)24-23(18-28-31(24)22-10-8-20(26)9-11-22)25(32)27-12-13-29-14-16-30(17-15-29)21-6-4-3-5-7-21/h3-11,18-19H,12-17H2,1-2H3,(H,27,32). The van der Waals surface area contributed by atoms with Crippen LogP contribution in [0, 0.1) is 5.82 Å². The van der Waals surface area contributed by atoms with Gasteiger partial charge >= 0.3 is 0 Å². The Morgan fingerprint density at radius 3 is 2.34 bits per heavy atom. The zero-order valence-corrected chi connectivity index (χ0v) is 18.7. The average molecular weight is 436 g/mol. The van der Waals surface area contributed by atoms with Gasteiger partial charge in [0.05, 0.1) is 23.1 Å². The molecule has 1 fully saturated rings. The topological polar surface area (TPSA) is 53.4 Å². The maximum absolute atomic E-state index is 13.3. The first-order chi connectivity index (χ1) is 15.5. The van der Waals surface area contributed by atoms with Crippen LogP contribution in [0.4, 0.5) is 10.1 Å². The van der Waals surface area contributed by atoms with E-state index in [1.165, 1.54) is 17.8 Å². The third-order valence-electron chi connectivity index (χ3n) is 5.88. The van der Waals surface area contributed by atoms with Gasteiger partial charge in [0.2, 0.25) is 0 Å². The third-order valence-corrected chi connectivity index (χ3v) is 5.88. The van der Waals surface area contributed by atoms with Gasteiger partial charge in [0.1, 0.15) is 5.82 Å². The molecule has 2 aromatic carbocycles. The Balaban J connectivity index is 1.32. The van der Waals surface area contributed by atoms with Gasteiger partial charge < -0.3 is 10.2 Å². The number of anilines is 1. The molecule has 0 atom stereocenters.